The fourth-order valence-electron chi connectivity index (χ4n) is 9.32. The van der Waals surface area contributed by atoms with Crippen LogP contribution in [0, 0.1) is 0 Å². The molecule has 8 nitrogen and oxygen atoms in total. The second-order valence-electron chi connectivity index (χ2n) is 22.7. The Balaban J connectivity index is 4.12. The summed E-state index contributed by atoms with van der Waals surface area (Å²) in [6, 6.07) is -0.895. The number of unbranched alkanes of at least 4 members (excludes halogenated alkanes) is 37. The molecule has 0 aromatic carbocycles. The molecule has 0 radical (unpaired) electrons. The number of carbonyl (C=O) groups is 1. The van der Waals surface area contributed by atoms with Crippen LogP contribution >= 0.6 is 7.82 Å². The third-order valence-electron chi connectivity index (χ3n) is 14.2. The summed E-state index contributed by atoms with van der Waals surface area (Å²) < 4.78 is 23.4. The van der Waals surface area contributed by atoms with Gasteiger partial charge in [0.2, 0.25) is 5.91 Å². The first-order valence-corrected chi connectivity index (χ1v) is 33.1. The second-order valence-corrected chi connectivity index (χ2v) is 24.1. The molecule has 0 bridgehead atoms. The zero-order chi connectivity index (χ0) is 54.2. The number of aliphatic hydroxyl groups is 1. The summed E-state index contributed by atoms with van der Waals surface area (Å²) in [7, 11) is 1.26. The molecule has 0 rings (SSSR count). The van der Waals surface area contributed by atoms with Gasteiger partial charge in [-0.25, -0.2) is 0 Å². The van der Waals surface area contributed by atoms with Gasteiger partial charge in [0.25, 0.3) is 7.82 Å². The molecule has 0 saturated carbocycles. The van der Waals surface area contributed by atoms with Crippen LogP contribution in [0.15, 0.2) is 60.8 Å². The van der Waals surface area contributed by atoms with Crippen molar-refractivity contribution >= 4 is 13.7 Å². The monoisotopic (exact) mass is 1060 g/mol. The normalized spacial score (nSPS) is 14.2. The average Bonchev–Trinajstić information content (AvgIpc) is 3.36. The molecule has 434 valence electrons. The van der Waals surface area contributed by atoms with Crippen LogP contribution in [-0.2, 0) is 18.4 Å². The number of hydrogen-bond donors (Lipinski definition) is 2. The van der Waals surface area contributed by atoms with Crippen molar-refractivity contribution in [2.24, 2.45) is 0 Å². The first-order valence-electron chi connectivity index (χ1n) is 31.7. The van der Waals surface area contributed by atoms with E-state index in [1.54, 1.807) is 6.08 Å². The lowest BCUT2D eigenvalue weighted by molar-refractivity contribution is -0.870. The second kappa shape index (κ2) is 55.9. The maximum atomic E-state index is 13.0. The molecule has 0 heterocycles. The summed E-state index contributed by atoms with van der Waals surface area (Å²) in [5, 5.41) is 13.9. The highest BCUT2D eigenvalue weighted by Crippen LogP contribution is 2.38. The van der Waals surface area contributed by atoms with E-state index < -0.39 is 20.0 Å². The van der Waals surface area contributed by atoms with Crippen LogP contribution in [-0.4, -0.2) is 68.5 Å². The fourth-order valence-corrected chi connectivity index (χ4v) is 10.0. The highest BCUT2D eigenvalue weighted by Gasteiger charge is 2.23. The highest BCUT2D eigenvalue weighted by molar-refractivity contribution is 7.45. The number of allylic oxidation sites excluding steroid dienone is 9. The van der Waals surface area contributed by atoms with Crippen molar-refractivity contribution in [3.63, 3.8) is 0 Å². The molecule has 3 atom stereocenters. The summed E-state index contributed by atoms with van der Waals surface area (Å²) in [5.74, 6) is -0.204. The van der Waals surface area contributed by atoms with E-state index in [2.05, 4.69) is 67.8 Å². The number of nitrogens with zero attached hydrogens (tertiary/aromatic N) is 1. The van der Waals surface area contributed by atoms with Gasteiger partial charge in [-0.1, -0.05) is 293 Å². The van der Waals surface area contributed by atoms with Crippen molar-refractivity contribution in [1.82, 2.24) is 5.32 Å². The molecule has 9 heteroatoms. The Morgan fingerprint density at radius 1 is 0.486 bits per heavy atom. The third-order valence-corrected chi connectivity index (χ3v) is 15.2. The van der Waals surface area contributed by atoms with Crippen LogP contribution < -0.4 is 10.2 Å². The topological polar surface area (TPSA) is 108 Å². The van der Waals surface area contributed by atoms with Gasteiger partial charge in [0.05, 0.1) is 39.9 Å². The molecule has 0 aliphatic carbocycles. The fraction of sp³-hybridized carbons (Fsp3) is 0.831. The first-order chi connectivity index (χ1) is 36.0. The molecule has 0 spiro atoms. The molecule has 0 fully saturated rings. The maximum absolute atomic E-state index is 13.0. The van der Waals surface area contributed by atoms with Gasteiger partial charge in [0.15, 0.2) is 0 Å². The number of likely N-dealkylation sites (N-methyl/N-ethyl adjacent to an activating group) is 1. The molecule has 0 saturated heterocycles. The number of aliphatic hydroxyl groups excluding tert-OH is 1. The average molecular weight is 1060 g/mol. The van der Waals surface area contributed by atoms with Gasteiger partial charge in [-0.05, 0) is 57.8 Å². The van der Waals surface area contributed by atoms with Gasteiger partial charge in [0.1, 0.15) is 13.2 Å². The van der Waals surface area contributed by atoms with Crippen LogP contribution in [0.4, 0.5) is 0 Å². The summed E-state index contributed by atoms with van der Waals surface area (Å²) in [5.41, 5.74) is 0. The van der Waals surface area contributed by atoms with E-state index >= 15 is 0 Å². The zero-order valence-corrected chi connectivity index (χ0v) is 50.4. The number of amides is 1. The molecule has 0 aliphatic heterocycles. The van der Waals surface area contributed by atoms with Gasteiger partial charge in [-0.3, -0.25) is 9.36 Å². The Kier molecular flexibility index (Phi) is 54.6. The molecule has 74 heavy (non-hydrogen) atoms. The van der Waals surface area contributed by atoms with Gasteiger partial charge >= 0.3 is 0 Å². The predicted octanol–water partition coefficient (Wildman–Crippen LogP) is 19.0. The highest BCUT2D eigenvalue weighted by atomic mass is 31.2. The van der Waals surface area contributed by atoms with E-state index in [0.717, 1.165) is 77.0 Å². The minimum Gasteiger partial charge on any atom is -0.756 e. The standard InChI is InChI=1S/C65H123N2O6P/c1-6-8-10-12-14-16-18-20-22-24-26-28-29-30-31-32-33-34-35-36-37-39-40-42-44-46-48-50-52-54-56-58-64(68)63(62-73-74(70,71)72-61-60-67(3,4)5)66-65(69)59-57-55-53-51-49-47-45-43-41-38-27-25-23-21-19-17-15-13-11-9-7-2/h9,11,15,17,21,23,27,38,56,58,63-64,68H,6-8,10,12-14,16,18-20,22,24-26,28-37,39-55,57,59-62H2,1-5H3,(H-,66,69,70,71)/b11-9-,17-15-,23-21-,38-27-,58-56+. The van der Waals surface area contributed by atoms with E-state index in [9.17, 15) is 19.4 Å². The molecule has 0 aliphatic rings. The molecular weight excluding hydrogens is 936 g/mol. The number of rotatable bonds is 58. The van der Waals surface area contributed by atoms with E-state index in [4.69, 9.17) is 9.05 Å². The Morgan fingerprint density at radius 2 is 0.824 bits per heavy atom. The number of hydrogen-bond acceptors (Lipinski definition) is 6. The largest absolute Gasteiger partial charge is 0.756 e. The van der Waals surface area contributed by atoms with Crippen molar-refractivity contribution in [1.29, 1.82) is 0 Å². The van der Waals surface area contributed by atoms with Crippen LogP contribution in [0.3, 0.4) is 0 Å². The van der Waals surface area contributed by atoms with Crippen LogP contribution in [0.2, 0.25) is 0 Å². The molecule has 2 N–H and O–H groups in total. The van der Waals surface area contributed by atoms with E-state index in [1.807, 2.05) is 27.2 Å². The van der Waals surface area contributed by atoms with E-state index in [1.165, 1.54) is 199 Å². The number of nitrogens with one attached hydrogen (secondary N) is 1. The minimum absolute atomic E-state index is 0.00449. The minimum atomic E-state index is -4.61. The summed E-state index contributed by atoms with van der Waals surface area (Å²) in [6.45, 7) is 4.56. The van der Waals surface area contributed by atoms with Gasteiger partial charge < -0.3 is 28.8 Å². The lowest BCUT2D eigenvalue weighted by atomic mass is 10.0. The Hall–Kier alpha value is -1.80. The molecular formula is C65H123N2O6P. The number of phosphoric acid groups is 1. The van der Waals surface area contributed by atoms with Crippen LogP contribution in [0.5, 0.6) is 0 Å². The summed E-state index contributed by atoms with van der Waals surface area (Å²) >= 11 is 0. The lowest BCUT2D eigenvalue weighted by Crippen LogP contribution is -2.45. The Morgan fingerprint density at radius 3 is 1.20 bits per heavy atom. The number of carbonyl (C=O) groups excluding carboxylic acids is 1. The van der Waals surface area contributed by atoms with Crippen molar-refractivity contribution in [2.75, 3.05) is 40.9 Å². The van der Waals surface area contributed by atoms with Crippen molar-refractivity contribution < 1.29 is 32.9 Å². The summed E-state index contributed by atoms with van der Waals surface area (Å²) in [4.78, 5) is 25.5. The predicted molar refractivity (Wildman–Crippen MR) is 321 cm³/mol. The van der Waals surface area contributed by atoms with Crippen molar-refractivity contribution in [3.05, 3.63) is 60.8 Å². The first kappa shape index (κ1) is 72.2. The Labute approximate surface area is 460 Å². The Bertz CT molecular complexity index is 1390. The van der Waals surface area contributed by atoms with Crippen molar-refractivity contribution in [3.8, 4) is 0 Å². The van der Waals surface area contributed by atoms with Crippen molar-refractivity contribution in [2.45, 2.75) is 309 Å². The third kappa shape index (κ3) is 57.9. The lowest BCUT2D eigenvalue weighted by Gasteiger charge is -2.29. The molecule has 3 unspecified atom stereocenters. The van der Waals surface area contributed by atoms with E-state index in [0.29, 0.717) is 17.4 Å². The quantitative estimate of drug-likeness (QED) is 0.0272. The van der Waals surface area contributed by atoms with Gasteiger partial charge in [-0.15, -0.1) is 0 Å². The number of quaternary nitrogens is 1. The maximum Gasteiger partial charge on any atom is 0.268 e. The summed E-state index contributed by atoms with van der Waals surface area (Å²) in [6.07, 6.45) is 76.1. The SMILES string of the molecule is CC/C=C\C/C=C\C/C=C\C/C=C\CCCCCCCCCCC(=O)NC(COP(=O)([O-])OCC[N+](C)(C)C)C(O)/C=C/CCCCCCCCCCCCCCCCCCCCCCCCCCCCCCC. The molecule has 1 amide bonds. The molecule has 0 aromatic heterocycles. The van der Waals surface area contributed by atoms with Crippen LogP contribution in [0.1, 0.15) is 296 Å². The van der Waals surface area contributed by atoms with Gasteiger partial charge in [0, 0.05) is 6.42 Å². The number of phosphoric ester groups is 1. The molecule has 0 aromatic rings. The van der Waals surface area contributed by atoms with Gasteiger partial charge in [-0.2, -0.15) is 0 Å². The van der Waals surface area contributed by atoms with Crippen LogP contribution in [0.25, 0.3) is 0 Å². The smallest absolute Gasteiger partial charge is 0.268 e. The van der Waals surface area contributed by atoms with E-state index in [-0.39, 0.29) is 19.1 Å². The zero-order valence-electron chi connectivity index (χ0n) is 49.5.